The van der Waals surface area contributed by atoms with E-state index in [1.54, 1.807) is 6.92 Å². The minimum Gasteiger partial charge on any atom is -0.491 e. The minimum atomic E-state index is -0.382. The number of morpholine rings is 1. The van der Waals surface area contributed by atoms with E-state index in [9.17, 15) is 4.39 Å². The highest BCUT2D eigenvalue weighted by molar-refractivity contribution is 6.32. The van der Waals surface area contributed by atoms with Gasteiger partial charge in [-0.25, -0.2) is 4.39 Å². The fourth-order valence-corrected chi connectivity index (χ4v) is 2.90. The Bertz CT molecular complexity index is 697. The first-order chi connectivity index (χ1) is 11.5. The zero-order valence-electron chi connectivity index (χ0n) is 13.5. The Morgan fingerprint density at radius 1 is 1.42 bits per heavy atom. The van der Waals surface area contributed by atoms with E-state index in [1.165, 1.54) is 18.2 Å². The monoisotopic (exact) mass is 355 g/mol. The van der Waals surface area contributed by atoms with Crippen LogP contribution in [0, 0.1) is 12.7 Å². The van der Waals surface area contributed by atoms with Gasteiger partial charge in [-0.15, -0.1) is 0 Å². The first-order valence-electron chi connectivity index (χ1n) is 7.77. The van der Waals surface area contributed by atoms with Gasteiger partial charge in [-0.2, -0.15) is 4.98 Å². The van der Waals surface area contributed by atoms with Crippen molar-refractivity contribution in [1.29, 1.82) is 0 Å². The fourth-order valence-electron chi connectivity index (χ4n) is 2.68. The molecule has 0 amide bonds. The number of rotatable bonds is 5. The van der Waals surface area contributed by atoms with Crippen LogP contribution < -0.4 is 4.74 Å². The number of halogens is 2. The lowest BCUT2D eigenvalue weighted by Crippen LogP contribution is -2.44. The van der Waals surface area contributed by atoms with E-state index in [0.29, 0.717) is 37.2 Å². The second-order valence-electron chi connectivity index (χ2n) is 5.80. The van der Waals surface area contributed by atoms with Crippen molar-refractivity contribution < 1.29 is 18.4 Å². The first kappa shape index (κ1) is 17.1. The average Bonchev–Trinajstić information content (AvgIpc) is 2.96. The number of aryl methyl sites for hydroxylation is 1. The van der Waals surface area contributed by atoms with Crippen LogP contribution in [0.1, 0.15) is 24.7 Å². The molecule has 130 valence electrons. The number of nitrogens with zero attached hydrogens (tertiary/aromatic N) is 3. The summed E-state index contributed by atoms with van der Waals surface area (Å²) >= 11 is 5.95. The molecule has 24 heavy (non-hydrogen) atoms. The maximum atomic E-state index is 13.0. The van der Waals surface area contributed by atoms with Gasteiger partial charge < -0.3 is 14.0 Å². The van der Waals surface area contributed by atoms with Crippen LogP contribution in [0.15, 0.2) is 22.7 Å². The molecule has 1 fully saturated rings. The zero-order chi connectivity index (χ0) is 17.1. The largest absolute Gasteiger partial charge is 0.491 e. The Balaban J connectivity index is 1.54. The second-order valence-corrected chi connectivity index (χ2v) is 6.21. The van der Waals surface area contributed by atoms with Gasteiger partial charge in [0, 0.05) is 19.6 Å². The Labute approximate surface area is 144 Å². The standard InChI is InChI=1S/C16H19ClFN3O3/c1-10-8-21(9-15(23-10)16-19-11(2)20-24-16)5-6-22-14-4-3-12(18)7-13(14)17/h3-4,7,10,15H,5-6,8-9H2,1-2H3/t10-,15-/m1/s1. The summed E-state index contributed by atoms with van der Waals surface area (Å²) < 4.78 is 29.7. The second kappa shape index (κ2) is 7.46. The van der Waals surface area contributed by atoms with E-state index in [4.69, 9.17) is 25.6 Å². The summed E-state index contributed by atoms with van der Waals surface area (Å²) in [6, 6.07) is 4.09. The number of ether oxygens (including phenoxy) is 2. The lowest BCUT2D eigenvalue weighted by molar-refractivity contribution is -0.0923. The highest BCUT2D eigenvalue weighted by atomic mass is 35.5. The van der Waals surface area contributed by atoms with E-state index >= 15 is 0 Å². The molecule has 0 spiro atoms. The Hall–Kier alpha value is -1.70. The van der Waals surface area contributed by atoms with Crippen LogP contribution >= 0.6 is 11.6 Å². The molecule has 0 unspecified atom stereocenters. The fraction of sp³-hybridized carbons (Fsp3) is 0.500. The molecule has 2 aromatic rings. The Morgan fingerprint density at radius 2 is 2.25 bits per heavy atom. The van der Waals surface area contributed by atoms with Crippen LogP contribution in [0.2, 0.25) is 5.02 Å². The SMILES string of the molecule is Cc1noc([C@H]2CN(CCOc3ccc(F)cc3Cl)C[C@@H](C)O2)n1. The lowest BCUT2D eigenvalue weighted by atomic mass is 10.2. The van der Waals surface area contributed by atoms with Gasteiger partial charge in [0.25, 0.3) is 5.89 Å². The van der Waals surface area contributed by atoms with Crippen LogP contribution in [-0.4, -0.2) is 47.4 Å². The third-order valence-corrected chi connectivity index (χ3v) is 4.01. The molecule has 6 nitrogen and oxygen atoms in total. The van der Waals surface area contributed by atoms with Gasteiger partial charge in [0.2, 0.25) is 0 Å². The van der Waals surface area contributed by atoms with Gasteiger partial charge in [0.05, 0.1) is 11.1 Å². The Morgan fingerprint density at radius 3 is 2.96 bits per heavy atom. The summed E-state index contributed by atoms with van der Waals surface area (Å²) in [5, 5.41) is 4.07. The van der Waals surface area contributed by atoms with Crippen molar-refractivity contribution in [1.82, 2.24) is 15.0 Å². The quantitative estimate of drug-likeness (QED) is 0.821. The van der Waals surface area contributed by atoms with Gasteiger partial charge in [-0.3, -0.25) is 4.90 Å². The van der Waals surface area contributed by atoms with E-state index in [-0.39, 0.29) is 23.0 Å². The molecule has 1 aliphatic rings. The van der Waals surface area contributed by atoms with Crippen molar-refractivity contribution in [3.05, 3.63) is 40.8 Å². The molecule has 1 aromatic heterocycles. The molecule has 0 saturated carbocycles. The van der Waals surface area contributed by atoms with Crippen LogP contribution in [0.4, 0.5) is 4.39 Å². The summed E-state index contributed by atoms with van der Waals surface area (Å²) in [5.74, 6) is 1.18. The van der Waals surface area contributed by atoms with Crippen molar-refractivity contribution in [3.8, 4) is 5.75 Å². The predicted molar refractivity (Wildman–Crippen MR) is 85.7 cm³/mol. The first-order valence-corrected chi connectivity index (χ1v) is 8.15. The van der Waals surface area contributed by atoms with E-state index < -0.39 is 0 Å². The van der Waals surface area contributed by atoms with Crippen molar-refractivity contribution in [3.63, 3.8) is 0 Å². The highest BCUT2D eigenvalue weighted by Crippen LogP contribution is 2.26. The highest BCUT2D eigenvalue weighted by Gasteiger charge is 2.30. The molecular formula is C16H19ClFN3O3. The molecule has 1 aromatic carbocycles. The van der Waals surface area contributed by atoms with Gasteiger partial charge in [-0.05, 0) is 32.0 Å². The van der Waals surface area contributed by atoms with Crippen molar-refractivity contribution in [2.75, 3.05) is 26.2 Å². The average molecular weight is 356 g/mol. The molecule has 3 rings (SSSR count). The normalized spacial score (nSPS) is 21.8. The van der Waals surface area contributed by atoms with Crippen LogP contribution in [0.25, 0.3) is 0 Å². The molecule has 1 saturated heterocycles. The molecule has 0 radical (unpaired) electrons. The molecule has 0 bridgehead atoms. The van der Waals surface area contributed by atoms with Gasteiger partial charge in [0.1, 0.15) is 24.3 Å². The maximum Gasteiger partial charge on any atom is 0.257 e. The van der Waals surface area contributed by atoms with Gasteiger partial charge >= 0.3 is 0 Å². The third kappa shape index (κ3) is 4.23. The van der Waals surface area contributed by atoms with E-state index in [2.05, 4.69) is 15.0 Å². The predicted octanol–water partition coefficient (Wildman–Crippen LogP) is 3.01. The summed E-state index contributed by atoms with van der Waals surface area (Å²) in [6.07, 6.45) is -0.199. The molecule has 2 atom stereocenters. The number of aromatic nitrogens is 2. The van der Waals surface area contributed by atoms with Crippen molar-refractivity contribution in [2.24, 2.45) is 0 Å². The van der Waals surface area contributed by atoms with Gasteiger partial charge in [-0.1, -0.05) is 16.8 Å². The van der Waals surface area contributed by atoms with Crippen LogP contribution in [0.3, 0.4) is 0 Å². The summed E-state index contributed by atoms with van der Waals surface area (Å²) in [6.45, 7) is 6.33. The summed E-state index contributed by atoms with van der Waals surface area (Å²) in [4.78, 5) is 6.44. The van der Waals surface area contributed by atoms with Crippen molar-refractivity contribution in [2.45, 2.75) is 26.1 Å². The lowest BCUT2D eigenvalue weighted by Gasteiger charge is -2.35. The van der Waals surface area contributed by atoms with E-state index in [1.807, 2.05) is 6.92 Å². The summed E-state index contributed by atoms with van der Waals surface area (Å²) in [7, 11) is 0. The third-order valence-electron chi connectivity index (χ3n) is 3.71. The number of hydrogen-bond acceptors (Lipinski definition) is 6. The smallest absolute Gasteiger partial charge is 0.257 e. The maximum absolute atomic E-state index is 13.0. The molecule has 0 aliphatic carbocycles. The van der Waals surface area contributed by atoms with Crippen LogP contribution in [-0.2, 0) is 4.74 Å². The number of benzene rings is 1. The summed E-state index contributed by atoms with van der Waals surface area (Å²) in [5.41, 5.74) is 0. The zero-order valence-corrected chi connectivity index (χ0v) is 14.3. The minimum absolute atomic E-state index is 0.0466. The molecule has 8 heteroatoms. The van der Waals surface area contributed by atoms with Crippen LogP contribution in [0.5, 0.6) is 5.75 Å². The topological polar surface area (TPSA) is 60.6 Å². The molecule has 1 aliphatic heterocycles. The van der Waals surface area contributed by atoms with Crippen molar-refractivity contribution >= 4 is 11.6 Å². The van der Waals surface area contributed by atoms with Gasteiger partial charge in [0.15, 0.2) is 5.82 Å². The number of hydrogen-bond donors (Lipinski definition) is 0. The Kier molecular flexibility index (Phi) is 5.33. The molecule has 0 N–H and O–H groups in total. The molecule has 2 heterocycles. The molecular weight excluding hydrogens is 337 g/mol. The van der Waals surface area contributed by atoms with E-state index in [0.717, 1.165) is 6.54 Å².